The molecule has 0 bridgehead atoms. The van der Waals surface area contributed by atoms with Gasteiger partial charge in [0.2, 0.25) is 5.78 Å². The van der Waals surface area contributed by atoms with Crippen LogP contribution in [0.4, 0.5) is 0 Å². The predicted octanol–water partition coefficient (Wildman–Crippen LogP) is 5.25. The molecule has 142 valence electrons. The summed E-state index contributed by atoms with van der Waals surface area (Å²) >= 11 is 0. The Hall–Kier alpha value is -1.71. The Bertz CT molecular complexity index is 605. The molecule has 3 atom stereocenters. The Kier molecular flexibility index (Phi) is 8.27. The van der Waals surface area contributed by atoms with Crippen LogP contribution in [-0.2, 0) is 4.74 Å². The van der Waals surface area contributed by atoms with Gasteiger partial charge in [-0.1, -0.05) is 94.5 Å². The molecule has 1 N–H and O–H groups in total. The highest BCUT2D eigenvalue weighted by atomic mass is 16.5. The quantitative estimate of drug-likeness (QED) is 0.435. The third kappa shape index (κ3) is 5.15. The number of unbranched alkanes of at least 4 members (excludes halogenated alkanes) is 3. The number of ketones is 1. The number of aliphatic hydroxyl groups excluding tert-OH is 1. The van der Waals surface area contributed by atoms with Gasteiger partial charge in [0, 0.05) is 5.56 Å². The summed E-state index contributed by atoms with van der Waals surface area (Å²) < 4.78 is 6.39. The molecule has 2 rings (SSSR count). The van der Waals surface area contributed by atoms with Gasteiger partial charge in [0.25, 0.3) is 0 Å². The molecule has 0 aliphatic heterocycles. The van der Waals surface area contributed by atoms with Crippen LogP contribution in [0.25, 0.3) is 0 Å². The van der Waals surface area contributed by atoms with Crippen molar-refractivity contribution in [2.45, 2.75) is 76.6 Å². The minimum atomic E-state index is -1.33. The molecule has 0 radical (unpaired) electrons. The third-order valence-electron chi connectivity index (χ3n) is 4.93. The predicted molar refractivity (Wildman–Crippen MR) is 106 cm³/mol. The van der Waals surface area contributed by atoms with Crippen molar-refractivity contribution >= 4 is 5.78 Å². The Morgan fingerprint density at radius 3 is 2.50 bits per heavy atom. The SMILES string of the molecule is CCCCCCC(CCC)OC1(C(=O)c2ccccc2)C=CC=CC1O. The maximum absolute atomic E-state index is 13.3. The molecule has 0 amide bonds. The van der Waals surface area contributed by atoms with Gasteiger partial charge >= 0.3 is 0 Å². The zero-order valence-electron chi connectivity index (χ0n) is 16.1. The van der Waals surface area contributed by atoms with E-state index in [1.807, 2.05) is 18.2 Å². The van der Waals surface area contributed by atoms with Crippen LogP contribution in [-0.4, -0.2) is 28.7 Å². The van der Waals surface area contributed by atoms with Gasteiger partial charge in [-0.05, 0) is 18.9 Å². The number of ether oxygens (including phenoxy) is 1. The summed E-state index contributed by atoms with van der Waals surface area (Å²) in [6.07, 6.45) is 13.4. The molecule has 0 spiro atoms. The molecule has 0 fully saturated rings. The molecule has 1 aromatic rings. The first-order valence-corrected chi connectivity index (χ1v) is 9.95. The summed E-state index contributed by atoms with van der Waals surface area (Å²) in [4.78, 5) is 13.3. The van der Waals surface area contributed by atoms with Crippen molar-refractivity contribution in [3.63, 3.8) is 0 Å². The standard InChI is InChI=1S/C23H32O3/c1-3-5-6-10-16-20(13-4-2)26-23(18-12-11-17-21(23)24)22(25)19-14-8-7-9-15-19/h7-9,11-12,14-15,17-18,20-21,24H,3-6,10,13,16H2,1-2H3. The topological polar surface area (TPSA) is 46.5 Å². The molecular weight excluding hydrogens is 324 g/mol. The zero-order chi connectivity index (χ0) is 18.8. The Morgan fingerprint density at radius 2 is 1.85 bits per heavy atom. The largest absolute Gasteiger partial charge is 0.385 e. The average Bonchev–Trinajstić information content (AvgIpc) is 2.67. The number of carbonyl (C=O) groups excluding carboxylic acids is 1. The summed E-state index contributed by atoms with van der Waals surface area (Å²) in [6, 6.07) is 9.11. The van der Waals surface area contributed by atoms with E-state index in [0.717, 1.165) is 25.7 Å². The summed E-state index contributed by atoms with van der Waals surface area (Å²) in [5, 5.41) is 10.7. The van der Waals surface area contributed by atoms with E-state index in [4.69, 9.17) is 4.74 Å². The normalized spacial score (nSPS) is 23.1. The lowest BCUT2D eigenvalue weighted by Crippen LogP contribution is -2.52. The van der Waals surface area contributed by atoms with Crippen LogP contribution in [0.1, 0.15) is 69.2 Å². The van der Waals surface area contributed by atoms with Gasteiger partial charge < -0.3 is 9.84 Å². The number of allylic oxidation sites excluding steroid dienone is 2. The van der Waals surface area contributed by atoms with Crippen molar-refractivity contribution in [1.82, 2.24) is 0 Å². The highest BCUT2D eigenvalue weighted by Crippen LogP contribution is 2.31. The first-order valence-electron chi connectivity index (χ1n) is 9.95. The van der Waals surface area contributed by atoms with Gasteiger partial charge in [-0.2, -0.15) is 0 Å². The van der Waals surface area contributed by atoms with Crippen LogP contribution < -0.4 is 0 Å². The molecule has 26 heavy (non-hydrogen) atoms. The molecule has 0 heterocycles. The molecular formula is C23H32O3. The van der Waals surface area contributed by atoms with Gasteiger partial charge in [-0.15, -0.1) is 0 Å². The van der Waals surface area contributed by atoms with Gasteiger partial charge in [-0.3, -0.25) is 4.79 Å². The number of hydrogen-bond acceptors (Lipinski definition) is 3. The lowest BCUT2D eigenvalue weighted by Gasteiger charge is -2.37. The maximum atomic E-state index is 13.3. The summed E-state index contributed by atoms with van der Waals surface area (Å²) in [6.45, 7) is 4.32. The fourth-order valence-electron chi connectivity index (χ4n) is 3.46. The maximum Gasteiger partial charge on any atom is 0.201 e. The van der Waals surface area contributed by atoms with Crippen molar-refractivity contribution in [1.29, 1.82) is 0 Å². The molecule has 0 saturated carbocycles. The number of aliphatic hydroxyl groups is 1. The lowest BCUT2D eigenvalue weighted by atomic mass is 9.84. The fourth-order valence-corrected chi connectivity index (χ4v) is 3.46. The lowest BCUT2D eigenvalue weighted by molar-refractivity contribution is -0.0951. The number of hydrogen-bond donors (Lipinski definition) is 1. The highest BCUT2D eigenvalue weighted by molar-refractivity contribution is 6.04. The number of benzene rings is 1. The van der Waals surface area contributed by atoms with Gasteiger partial charge in [0.15, 0.2) is 5.60 Å². The second-order valence-corrected chi connectivity index (χ2v) is 7.05. The van der Waals surface area contributed by atoms with E-state index in [1.54, 1.807) is 36.4 Å². The van der Waals surface area contributed by atoms with Crippen LogP contribution in [0.3, 0.4) is 0 Å². The van der Waals surface area contributed by atoms with Crippen molar-refractivity contribution in [3.8, 4) is 0 Å². The van der Waals surface area contributed by atoms with Crippen LogP contribution in [0.5, 0.6) is 0 Å². The van der Waals surface area contributed by atoms with E-state index in [9.17, 15) is 9.90 Å². The smallest absolute Gasteiger partial charge is 0.201 e. The summed E-state index contributed by atoms with van der Waals surface area (Å²) in [5.41, 5.74) is -0.770. The first-order chi connectivity index (χ1) is 12.6. The van der Waals surface area contributed by atoms with Gasteiger partial charge in [0.1, 0.15) is 6.10 Å². The minimum Gasteiger partial charge on any atom is -0.385 e. The van der Waals surface area contributed by atoms with Gasteiger partial charge in [-0.25, -0.2) is 0 Å². The van der Waals surface area contributed by atoms with Crippen LogP contribution in [0.15, 0.2) is 54.6 Å². The number of carbonyl (C=O) groups is 1. The van der Waals surface area contributed by atoms with E-state index in [-0.39, 0.29) is 11.9 Å². The fraction of sp³-hybridized carbons (Fsp3) is 0.522. The van der Waals surface area contributed by atoms with Crippen LogP contribution >= 0.6 is 0 Å². The zero-order valence-corrected chi connectivity index (χ0v) is 16.1. The van der Waals surface area contributed by atoms with Crippen molar-refractivity contribution < 1.29 is 14.6 Å². The monoisotopic (exact) mass is 356 g/mol. The Labute approximate surface area is 157 Å². The molecule has 0 aromatic heterocycles. The summed E-state index contributed by atoms with van der Waals surface area (Å²) in [7, 11) is 0. The molecule has 3 unspecified atom stereocenters. The molecule has 1 aromatic carbocycles. The van der Waals surface area contributed by atoms with E-state index >= 15 is 0 Å². The Balaban J connectivity index is 2.22. The molecule has 3 nitrogen and oxygen atoms in total. The molecule has 0 saturated heterocycles. The second-order valence-electron chi connectivity index (χ2n) is 7.05. The number of rotatable bonds is 11. The Morgan fingerprint density at radius 1 is 1.08 bits per heavy atom. The van der Waals surface area contributed by atoms with Crippen LogP contribution in [0, 0.1) is 0 Å². The second kappa shape index (κ2) is 10.4. The van der Waals surface area contributed by atoms with E-state index in [0.29, 0.717) is 5.56 Å². The van der Waals surface area contributed by atoms with E-state index in [1.165, 1.54) is 19.3 Å². The van der Waals surface area contributed by atoms with Gasteiger partial charge in [0.05, 0.1) is 6.10 Å². The van der Waals surface area contributed by atoms with Crippen LogP contribution in [0.2, 0.25) is 0 Å². The van der Waals surface area contributed by atoms with Crippen molar-refractivity contribution in [3.05, 3.63) is 60.2 Å². The average molecular weight is 357 g/mol. The van der Waals surface area contributed by atoms with E-state index < -0.39 is 11.7 Å². The molecule has 1 aliphatic rings. The third-order valence-corrected chi connectivity index (χ3v) is 4.93. The molecule has 1 aliphatic carbocycles. The molecule has 3 heteroatoms. The minimum absolute atomic E-state index is 0.0321. The highest BCUT2D eigenvalue weighted by Gasteiger charge is 2.45. The number of Topliss-reactive ketones (excluding diaryl/α,β-unsaturated/α-hetero) is 1. The summed E-state index contributed by atoms with van der Waals surface area (Å²) in [5.74, 6) is -0.180. The van der Waals surface area contributed by atoms with E-state index in [2.05, 4.69) is 13.8 Å². The first kappa shape index (κ1) is 20.6. The van der Waals surface area contributed by atoms with Crippen molar-refractivity contribution in [2.75, 3.05) is 0 Å². The van der Waals surface area contributed by atoms with Crippen molar-refractivity contribution in [2.24, 2.45) is 0 Å².